The molecule has 4 aliphatic rings. The van der Waals surface area contributed by atoms with E-state index >= 15 is 0 Å². The number of aldehydes is 1. The zero-order chi connectivity index (χ0) is 55.8. The molecule has 6 heterocycles. The number of carbonyl (C=O) groups excluding carboxylic acids is 4. The Kier molecular flexibility index (Phi) is 19.9. The van der Waals surface area contributed by atoms with Gasteiger partial charge in [-0.3, -0.25) is 14.5 Å². The van der Waals surface area contributed by atoms with Crippen molar-refractivity contribution in [1.29, 1.82) is 0 Å². The number of aromatic nitrogens is 2. The van der Waals surface area contributed by atoms with Gasteiger partial charge < -0.3 is 27.2 Å². The molecule has 2 saturated heterocycles. The Morgan fingerprint density at radius 2 is 0.987 bits per heavy atom. The number of para-hydroxylation sites is 2. The molecule has 79 heavy (non-hydrogen) atoms. The maximum Gasteiger partial charge on any atom is 1.00 e. The summed E-state index contributed by atoms with van der Waals surface area (Å²) in [5.41, 5.74) is 11.1. The van der Waals surface area contributed by atoms with Crippen molar-refractivity contribution in [3.63, 3.8) is 0 Å². The van der Waals surface area contributed by atoms with Gasteiger partial charge in [-0.05, 0) is 123 Å². The Morgan fingerprint density at radius 3 is 1.44 bits per heavy atom. The van der Waals surface area contributed by atoms with Crippen LogP contribution in [0, 0.1) is 0 Å². The minimum atomic E-state index is -3.15. The summed E-state index contributed by atoms with van der Waals surface area (Å²) >= 11 is 0. The molecule has 2 spiro atoms. The van der Waals surface area contributed by atoms with E-state index < -0.39 is 47.1 Å². The molecule has 0 aliphatic carbocycles. The van der Waals surface area contributed by atoms with Crippen molar-refractivity contribution in [2.24, 2.45) is 0 Å². The van der Waals surface area contributed by atoms with E-state index in [-0.39, 0.29) is 41.1 Å². The Balaban J connectivity index is 0.000000163. The van der Waals surface area contributed by atoms with E-state index in [0.717, 1.165) is 99.2 Å². The summed E-state index contributed by atoms with van der Waals surface area (Å²) in [5.74, 6) is -1.32. The summed E-state index contributed by atoms with van der Waals surface area (Å²) in [6, 6.07) is 45.4. The van der Waals surface area contributed by atoms with Crippen molar-refractivity contribution >= 4 is 95.5 Å². The number of fused-ring (bicyclic) bond motifs is 10. The first kappa shape index (κ1) is 60.5. The van der Waals surface area contributed by atoms with E-state index in [1.54, 1.807) is 0 Å². The van der Waals surface area contributed by atoms with Gasteiger partial charge in [-0.15, -0.1) is 0 Å². The topological polar surface area (TPSA) is 189 Å². The van der Waals surface area contributed by atoms with Crippen LogP contribution in [0.3, 0.4) is 0 Å². The van der Waals surface area contributed by atoms with Gasteiger partial charge in [0.15, 0.2) is 19.7 Å². The van der Waals surface area contributed by atoms with Crippen molar-refractivity contribution < 1.29 is 80.0 Å². The number of hydrogen-bond acceptors (Lipinski definition) is 13. The van der Waals surface area contributed by atoms with Crippen LogP contribution in [0.15, 0.2) is 133 Å². The predicted molar refractivity (Wildman–Crippen MR) is 305 cm³/mol. The average molecular weight is 1120 g/mol. The fraction of sp³-hybridized carbons (Fsp3) is 0.333. The number of hydrogen-bond donors (Lipinski definition) is 1. The van der Waals surface area contributed by atoms with Gasteiger partial charge >= 0.3 is 41.5 Å². The molecule has 8 aromatic rings. The van der Waals surface area contributed by atoms with Crippen LogP contribution in [0.5, 0.6) is 0 Å². The second kappa shape index (κ2) is 26.0. The SMILES string of the molecule is CC(=O)OOC(C)=O.CCn1c2ccccc2c2cc(C=O)ccc21.CCn1c2ccccc2c2cc(CN3CCC4(CC3)c3ccccc3CS4(=O)=O)ccc21.O=S1(=O)Cc2ccccc2C12CCNCC2.[B-]OC(C)=O.[Na+]. The summed E-state index contributed by atoms with van der Waals surface area (Å²) in [4.78, 5) is 50.1. The molecule has 2 aromatic heterocycles. The van der Waals surface area contributed by atoms with Gasteiger partial charge in [0.25, 0.3) is 0 Å². The molecule has 407 valence electrons. The Labute approximate surface area is 485 Å². The van der Waals surface area contributed by atoms with Crippen LogP contribution in [0.4, 0.5) is 0 Å². The monoisotopic (exact) mass is 1120 g/mol. The van der Waals surface area contributed by atoms with E-state index in [1.807, 2.05) is 78.9 Å². The summed E-state index contributed by atoms with van der Waals surface area (Å²) in [6.07, 6.45) is 3.70. The summed E-state index contributed by atoms with van der Waals surface area (Å²) in [6.45, 7) is 13.8. The second-order valence-corrected chi connectivity index (χ2v) is 24.5. The van der Waals surface area contributed by atoms with Crippen molar-refractivity contribution in [2.45, 2.75) is 101 Å². The fourth-order valence-corrected chi connectivity index (χ4v) is 16.2. The van der Waals surface area contributed by atoms with Crippen molar-refractivity contribution in [3.8, 4) is 0 Å². The maximum absolute atomic E-state index is 13.1. The van der Waals surface area contributed by atoms with Crippen LogP contribution in [0.1, 0.15) is 98.5 Å². The number of carbonyl (C=O) groups is 4. The third-order valence-electron chi connectivity index (χ3n) is 15.2. The van der Waals surface area contributed by atoms with Crippen LogP contribution < -0.4 is 34.9 Å². The number of nitrogens with zero attached hydrogens (tertiary/aromatic N) is 3. The van der Waals surface area contributed by atoms with Crippen LogP contribution in [0.25, 0.3) is 43.6 Å². The molecule has 0 amide bonds. The first-order chi connectivity index (χ1) is 37.4. The molecule has 1 N–H and O–H groups in total. The smallest absolute Gasteiger partial charge is 0.793 e. The van der Waals surface area contributed by atoms with Crippen LogP contribution in [0.2, 0.25) is 0 Å². The molecule has 12 rings (SSSR count). The van der Waals surface area contributed by atoms with Crippen molar-refractivity contribution in [1.82, 2.24) is 19.4 Å². The van der Waals surface area contributed by atoms with E-state index in [2.05, 4.69) is 110 Å². The van der Waals surface area contributed by atoms with Crippen LogP contribution in [-0.4, -0.2) is 89.3 Å². The molecule has 0 bridgehead atoms. The normalized spacial score (nSPS) is 16.7. The number of piperidine rings is 2. The quantitative estimate of drug-likeness (QED) is 0.0829. The van der Waals surface area contributed by atoms with E-state index in [9.17, 15) is 36.0 Å². The van der Waals surface area contributed by atoms with E-state index in [4.69, 9.17) is 0 Å². The van der Waals surface area contributed by atoms with Gasteiger partial charge in [-0.25, -0.2) is 36.2 Å². The number of aryl methyl sites for hydroxylation is 2. The fourth-order valence-electron chi connectivity index (χ4n) is 11.7. The van der Waals surface area contributed by atoms with Gasteiger partial charge in [0.1, 0.15) is 15.8 Å². The number of sulfone groups is 2. The van der Waals surface area contributed by atoms with Gasteiger partial charge in [-0.1, -0.05) is 91.0 Å². The molecular formula is C60H65BN4NaO11S2. The molecule has 6 aromatic carbocycles. The van der Waals surface area contributed by atoms with Crippen LogP contribution >= 0.6 is 0 Å². The van der Waals surface area contributed by atoms with E-state index in [0.29, 0.717) is 25.7 Å². The summed E-state index contributed by atoms with van der Waals surface area (Å²) < 4.78 is 58.0. The minimum Gasteiger partial charge on any atom is -0.793 e. The maximum atomic E-state index is 13.1. The third kappa shape index (κ3) is 12.6. The standard InChI is InChI=1S/C27H28N2O2S.C15H13NO.C12H15NO2S.C4H6O4.C2H3BO2.Na/c1-2-29-25-10-6-4-8-22(25)23-17-20(11-12-26(23)29)18-28-15-13-27(14-16-28)24-9-5-3-7-21(24)19-32(27,30)31;1-2-16-14-6-4-3-5-12(14)13-9-11(10-17)7-8-15(13)16;14-16(15)9-10-3-1-2-4-11(10)12(16)5-7-13-8-6-12;1-3(5)7-8-4(2)6;1-2(4)5-3;/h3-12,17H,2,13-16,18-19H2,1H3;3-10H,2H2,1H3;1-4,13H,5-9H2;1-2H3;1H3;/q;;;;-1;+1. The first-order valence-corrected chi connectivity index (χ1v) is 29.5. The summed E-state index contributed by atoms with van der Waals surface area (Å²) in [5, 5.41) is 8.22. The third-order valence-corrected chi connectivity index (χ3v) is 20.2. The molecule has 19 heteroatoms. The average Bonchev–Trinajstić information content (AvgIpc) is 4.25. The minimum absolute atomic E-state index is 0. The Bertz CT molecular complexity index is 3740. The van der Waals surface area contributed by atoms with Gasteiger partial charge in [-0.2, -0.15) is 0 Å². The first-order valence-electron chi connectivity index (χ1n) is 26.2. The Hall–Kier alpha value is -6.12. The largest absolute Gasteiger partial charge is 1.00 e. The zero-order valence-corrected chi connectivity index (χ0v) is 49.3. The molecular weight excluding hydrogens is 1050 g/mol. The van der Waals surface area contributed by atoms with Crippen molar-refractivity contribution in [3.05, 3.63) is 167 Å². The molecule has 4 aliphatic heterocycles. The van der Waals surface area contributed by atoms with Gasteiger partial charge in [0.2, 0.25) is 5.97 Å². The molecule has 0 atom stereocenters. The molecule has 2 fully saturated rings. The van der Waals surface area contributed by atoms with Gasteiger partial charge in [0, 0.05) is 103 Å². The van der Waals surface area contributed by atoms with Crippen LogP contribution in [-0.2, 0) is 89.1 Å². The van der Waals surface area contributed by atoms with Crippen molar-refractivity contribution in [2.75, 3.05) is 26.2 Å². The zero-order valence-electron chi connectivity index (χ0n) is 45.7. The predicted octanol–water partition coefficient (Wildman–Crippen LogP) is 6.72. The molecule has 15 nitrogen and oxygen atoms in total. The Morgan fingerprint density at radius 1 is 0.570 bits per heavy atom. The second-order valence-electron chi connectivity index (χ2n) is 19.9. The number of nitrogens with one attached hydrogen (secondary N) is 1. The number of benzene rings is 6. The molecule has 0 unspecified atom stereocenters. The molecule has 0 saturated carbocycles. The number of likely N-dealkylation sites (tertiary alicyclic amines) is 1. The van der Waals surface area contributed by atoms with Gasteiger partial charge in [0.05, 0.1) is 11.5 Å². The number of rotatable bonds is 5. The molecule has 3 radical (unpaired) electrons. The summed E-state index contributed by atoms with van der Waals surface area (Å²) in [7, 11) is -1.83. The van der Waals surface area contributed by atoms with E-state index in [1.165, 1.54) is 50.7 Å².